The molecule has 0 amide bonds. The van der Waals surface area contributed by atoms with Crippen LogP contribution in [0.15, 0.2) is 10.1 Å². The maximum absolute atomic E-state index is 14.0. The Morgan fingerprint density at radius 2 is 1.30 bits per heavy atom. The zero-order valence-corrected chi connectivity index (χ0v) is 14.2. The highest BCUT2D eigenvalue weighted by Crippen LogP contribution is 2.82. The lowest BCUT2D eigenvalue weighted by atomic mass is 9.86. The van der Waals surface area contributed by atoms with Crippen LogP contribution in [0.2, 0.25) is 0 Å². The van der Waals surface area contributed by atoms with Gasteiger partial charge in [-0.1, -0.05) is 58.2 Å². The first-order chi connectivity index (χ1) is 8.78. The van der Waals surface area contributed by atoms with Gasteiger partial charge in [0.1, 0.15) is 9.75 Å². The first-order valence-corrected chi connectivity index (χ1v) is 8.18. The van der Waals surface area contributed by atoms with Gasteiger partial charge in [-0.15, -0.1) is 23.2 Å². The predicted molar refractivity (Wildman–Crippen MR) is 75.1 cm³/mol. The molecule has 0 unspecified atom stereocenters. The second-order valence-corrected chi connectivity index (χ2v) is 9.31. The van der Waals surface area contributed by atoms with E-state index < -0.39 is 41.5 Å². The van der Waals surface area contributed by atoms with Crippen molar-refractivity contribution in [3.05, 3.63) is 10.1 Å². The van der Waals surface area contributed by atoms with E-state index in [1.807, 2.05) is 0 Å². The van der Waals surface area contributed by atoms with Gasteiger partial charge in [0.05, 0.1) is 16.0 Å². The third-order valence-electron chi connectivity index (χ3n) is 3.92. The average molecular weight is 431 g/mol. The summed E-state index contributed by atoms with van der Waals surface area (Å²) in [5, 5.41) is -6.83. The summed E-state index contributed by atoms with van der Waals surface area (Å²) < 4.78 is 53.0. The Labute approximate surface area is 145 Å². The van der Waals surface area contributed by atoms with Crippen LogP contribution in [-0.4, -0.2) is 30.5 Å². The lowest BCUT2D eigenvalue weighted by Crippen LogP contribution is -2.52. The Bertz CT molecular complexity index is 551. The fourth-order valence-corrected chi connectivity index (χ4v) is 7.79. The van der Waals surface area contributed by atoms with Gasteiger partial charge >= 0.3 is 11.2 Å². The highest BCUT2D eigenvalue weighted by molar-refractivity contribution is 8.01. The second-order valence-electron chi connectivity index (χ2n) is 4.78. The Morgan fingerprint density at radius 1 is 0.850 bits per heavy atom. The molecule has 0 spiro atoms. The molecule has 2 bridgehead atoms. The molecular formula is C9H2Cl6F4S. The summed E-state index contributed by atoms with van der Waals surface area (Å²) in [5.74, 6) is -6.62. The van der Waals surface area contributed by atoms with E-state index >= 15 is 0 Å². The Balaban J connectivity index is 2.32. The SMILES string of the molecule is FC1(F)S[C@@H]2[C@@H](C1(F)F)[C@]1(Cl)C(Cl)=C(Cl)[C@]2(Cl)C1(Cl)Cl. The molecule has 0 nitrogen and oxygen atoms in total. The molecule has 0 aromatic carbocycles. The number of hydrogen-bond acceptors (Lipinski definition) is 1. The first-order valence-electron chi connectivity index (χ1n) is 5.03. The van der Waals surface area contributed by atoms with Gasteiger partial charge in [-0.2, -0.15) is 17.6 Å². The van der Waals surface area contributed by atoms with E-state index in [4.69, 9.17) is 69.6 Å². The molecule has 3 rings (SSSR count). The van der Waals surface area contributed by atoms with E-state index in [0.29, 0.717) is 0 Å². The lowest BCUT2D eigenvalue weighted by molar-refractivity contribution is -0.175. The van der Waals surface area contributed by atoms with Gasteiger partial charge < -0.3 is 0 Å². The molecule has 2 fully saturated rings. The fourth-order valence-electron chi connectivity index (χ4n) is 2.94. The van der Waals surface area contributed by atoms with Crippen LogP contribution >= 0.6 is 81.4 Å². The number of hydrogen-bond donors (Lipinski definition) is 0. The second kappa shape index (κ2) is 3.96. The van der Waals surface area contributed by atoms with Crippen LogP contribution in [-0.2, 0) is 0 Å². The van der Waals surface area contributed by atoms with Crippen molar-refractivity contribution in [1.82, 2.24) is 0 Å². The van der Waals surface area contributed by atoms with Gasteiger partial charge in [-0.3, -0.25) is 0 Å². The number of rotatable bonds is 0. The Hall–Kier alpha value is 1.55. The number of alkyl halides is 8. The number of halogens is 10. The van der Waals surface area contributed by atoms with Gasteiger partial charge in [0.2, 0.25) is 0 Å². The molecule has 0 radical (unpaired) electrons. The minimum atomic E-state index is -4.48. The summed E-state index contributed by atoms with van der Waals surface area (Å²) in [6.07, 6.45) is 0. The van der Waals surface area contributed by atoms with Crippen LogP contribution in [0.4, 0.5) is 17.6 Å². The van der Waals surface area contributed by atoms with E-state index in [9.17, 15) is 17.6 Å². The molecule has 3 aliphatic rings. The molecule has 114 valence electrons. The summed E-state index contributed by atoms with van der Waals surface area (Å²) >= 11 is 35.7. The lowest BCUT2D eigenvalue weighted by Gasteiger charge is -2.36. The Kier molecular flexibility index (Phi) is 3.25. The Morgan fingerprint density at radius 3 is 1.80 bits per heavy atom. The fraction of sp³-hybridized carbons (Fsp3) is 0.778. The summed E-state index contributed by atoms with van der Waals surface area (Å²) in [6, 6.07) is 0. The molecular weight excluding hydrogens is 429 g/mol. The van der Waals surface area contributed by atoms with Gasteiger partial charge in [-0.25, -0.2) is 0 Å². The van der Waals surface area contributed by atoms with Crippen LogP contribution in [0.3, 0.4) is 0 Å². The summed E-state index contributed by atoms with van der Waals surface area (Å²) in [6.45, 7) is 0. The normalized spacial score (nSPS) is 50.7. The highest BCUT2D eigenvalue weighted by Gasteiger charge is 2.92. The van der Waals surface area contributed by atoms with Gasteiger partial charge in [0.25, 0.3) is 0 Å². The van der Waals surface area contributed by atoms with Crippen LogP contribution in [0.5, 0.6) is 0 Å². The van der Waals surface area contributed by atoms with Crippen LogP contribution in [0, 0.1) is 5.92 Å². The van der Waals surface area contributed by atoms with Gasteiger partial charge in [-0.05, 0) is 0 Å². The molecule has 11 heteroatoms. The molecule has 20 heavy (non-hydrogen) atoms. The number of fused-ring (bicyclic) bond motifs is 5. The average Bonchev–Trinajstić information content (AvgIpc) is 2.61. The molecule has 0 N–H and O–H groups in total. The molecule has 4 atom stereocenters. The zero-order valence-electron chi connectivity index (χ0n) is 8.84. The third-order valence-corrected chi connectivity index (χ3v) is 9.76. The van der Waals surface area contributed by atoms with Gasteiger partial charge in [0.15, 0.2) is 4.33 Å². The molecule has 1 saturated heterocycles. The van der Waals surface area contributed by atoms with Crippen molar-refractivity contribution in [2.75, 3.05) is 0 Å². The van der Waals surface area contributed by atoms with Crippen molar-refractivity contribution in [3.8, 4) is 0 Å². The van der Waals surface area contributed by atoms with Crippen molar-refractivity contribution in [2.24, 2.45) is 5.92 Å². The maximum Gasteiger partial charge on any atom is 0.356 e. The maximum atomic E-state index is 14.0. The number of thioether (sulfide) groups is 1. The molecule has 2 aliphatic carbocycles. The monoisotopic (exact) mass is 428 g/mol. The summed E-state index contributed by atoms with van der Waals surface area (Å²) in [7, 11) is 0. The van der Waals surface area contributed by atoms with Gasteiger partial charge in [0, 0.05) is 5.25 Å². The standard InChI is InChI=1S/C9H2Cl6F4S/c10-2-3(11)6(13)4-1(5(2,12)8(6,14)15)7(16,17)9(18,19)20-4/h1,4H/t1-,4-,5+,6-/m1/s1. The van der Waals surface area contributed by atoms with Crippen LogP contribution in [0.25, 0.3) is 0 Å². The smallest absolute Gasteiger partial charge is 0.198 e. The van der Waals surface area contributed by atoms with Crippen molar-refractivity contribution < 1.29 is 17.6 Å². The topological polar surface area (TPSA) is 0 Å². The first kappa shape index (κ1) is 16.4. The van der Waals surface area contributed by atoms with E-state index in [1.165, 1.54) is 0 Å². The predicted octanol–water partition coefficient (Wildman–Crippen LogP) is 5.79. The van der Waals surface area contributed by atoms with Crippen molar-refractivity contribution in [1.29, 1.82) is 0 Å². The van der Waals surface area contributed by atoms with Crippen molar-refractivity contribution in [2.45, 2.75) is 30.5 Å². The minimum Gasteiger partial charge on any atom is -0.198 e. The van der Waals surface area contributed by atoms with E-state index in [-0.39, 0.29) is 16.8 Å². The zero-order chi connectivity index (χ0) is 15.5. The number of allylic oxidation sites excluding steroid dienone is 2. The largest absolute Gasteiger partial charge is 0.356 e. The van der Waals surface area contributed by atoms with E-state index in [1.54, 1.807) is 0 Å². The minimum absolute atomic E-state index is 0.332. The van der Waals surface area contributed by atoms with E-state index in [0.717, 1.165) is 0 Å². The molecule has 1 heterocycles. The van der Waals surface area contributed by atoms with Crippen molar-refractivity contribution >= 4 is 81.4 Å². The summed E-state index contributed by atoms with van der Waals surface area (Å²) in [5.41, 5.74) is 0. The third kappa shape index (κ3) is 1.31. The molecule has 1 aliphatic heterocycles. The summed E-state index contributed by atoms with van der Waals surface area (Å²) in [4.78, 5) is -4.48. The van der Waals surface area contributed by atoms with E-state index in [2.05, 4.69) is 0 Å². The van der Waals surface area contributed by atoms with Crippen LogP contribution in [0.1, 0.15) is 0 Å². The van der Waals surface area contributed by atoms with Crippen LogP contribution < -0.4 is 0 Å². The molecule has 0 aromatic rings. The molecule has 0 aromatic heterocycles. The van der Waals surface area contributed by atoms with Crippen molar-refractivity contribution in [3.63, 3.8) is 0 Å². The highest BCUT2D eigenvalue weighted by atomic mass is 35.5. The quantitative estimate of drug-likeness (QED) is 0.346. The molecule has 1 saturated carbocycles.